The van der Waals surface area contributed by atoms with Crippen molar-refractivity contribution in [3.05, 3.63) is 23.8 Å². The van der Waals surface area contributed by atoms with Gasteiger partial charge in [-0.3, -0.25) is 0 Å². The highest BCUT2D eigenvalue weighted by Gasteiger charge is 2.17. The summed E-state index contributed by atoms with van der Waals surface area (Å²) in [5.41, 5.74) is 13.0. The number of hydrogen-bond donors (Lipinski definition) is 2. The summed E-state index contributed by atoms with van der Waals surface area (Å²) in [6, 6.07) is 5.88. The molecule has 110 valence electrons. The van der Waals surface area contributed by atoms with E-state index in [-0.39, 0.29) is 5.96 Å². The van der Waals surface area contributed by atoms with Crippen molar-refractivity contribution >= 4 is 28.6 Å². The number of benzene rings is 1. The highest BCUT2D eigenvalue weighted by molar-refractivity contribution is 5.93. The van der Waals surface area contributed by atoms with Crippen molar-refractivity contribution in [3.63, 3.8) is 0 Å². The highest BCUT2D eigenvalue weighted by Crippen LogP contribution is 2.27. The molecule has 0 saturated carbocycles. The van der Waals surface area contributed by atoms with Gasteiger partial charge in [0.2, 0.25) is 5.95 Å². The lowest BCUT2D eigenvalue weighted by Gasteiger charge is -2.27. The van der Waals surface area contributed by atoms with Crippen molar-refractivity contribution in [3.8, 4) is 0 Å². The van der Waals surface area contributed by atoms with Crippen LogP contribution in [0.3, 0.4) is 0 Å². The fraction of sp³-hybridized carbons (Fsp3) is 0.357. The van der Waals surface area contributed by atoms with Crippen molar-refractivity contribution in [2.45, 2.75) is 6.92 Å². The average molecular weight is 286 g/mol. The third-order valence-electron chi connectivity index (χ3n) is 3.43. The van der Waals surface area contributed by atoms with Crippen LogP contribution in [0.1, 0.15) is 5.56 Å². The maximum absolute atomic E-state index is 5.52. The van der Waals surface area contributed by atoms with E-state index in [1.54, 1.807) is 0 Å². The van der Waals surface area contributed by atoms with Gasteiger partial charge in [-0.05, 0) is 18.6 Å². The summed E-state index contributed by atoms with van der Waals surface area (Å²) in [6.45, 7) is 4.88. The largest absolute Gasteiger partial charge is 0.378 e. The zero-order valence-electron chi connectivity index (χ0n) is 11.9. The molecule has 0 bridgehead atoms. The molecule has 1 aromatic heterocycles. The van der Waals surface area contributed by atoms with Crippen LogP contribution in [-0.4, -0.2) is 42.2 Å². The predicted molar refractivity (Wildman–Crippen MR) is 82.8 cm³/mol. The van der Waals surface area contributed by atoms with E-state index in [0.29, 0.717) is 25.0 Å². The number of aliphatic imine (C=N–C) groups is 1. The van der Waals surface area contributed by atoms with Crippen molar-refractivity contribution < 1.29 is 4.74 Å². The molecule has 0 spiro atoms. The second kappa shape index (κ2) is 5.53. The Morgan fingerprint density at radius 3 is 2.71 bits per heavy atom. The minimum atomic E-state index is -0.00978. The molecule has 0 radical (unpaired) electrons. The number of aromatic nitrogens is 2. The topological polar surface area (TPSA) is 103 Å². The minimum Gasteiger partial charge on any atom is -0.378 e. The van der Waals surface area contributed by atoms with E-state index in [2.05, 4.69) is 19.9 Å². The average Bonchev–Trinajstić information content (AvgIpc) is 2.48. The van der Waals surface area contributed by atoms with E-state index in [1.807, 2.05) is 25.1 Å². The van der Waals surface area contributed by atoms with Crippen LogP contribution < -0.4 is 16.4 Å². The molecular weight excluding hydrogens is 268 g/mol. The third kappa shape index (κ3) is 2.73. The van der Waals surface area contributed by atoms with Crippen LogP contribution in [0.25, 0.3) is 10.9 Å². The second-order valence-electron chi connectivity index (χ2n) is 4.95. The van der Waals surface area contributed by atoms with Gasteiger partial charge in [0.15, 0.2) is 11.8 Å². The molecule has 0 aliphatic carbocycles. The summed E-state index contributed by atoms with van der Waals surface area (Å²) in [5.74, 6) is 1.13. The van der Waals surface area contributed by atoms with Crippen molar-refractivity contribution in [2.75, 3.05) is 31.2 Å². The number of morpholine rings is 1. The van der Waals surface area contributed by atoms with Crippen LogP contribution >= 0.6 is 0 Å². The van der Waals surface area contributed by atoms with Gasteiger partial charge >= 0.3 is 0 Å². The first-order chi connectivity index (χ1) is 10.1. The quantitative estimate of drug-likeness (QED) is 0.621. The molecule has 0 atom stereocenters. The van der Waals surface area contributed by atoms with Gasteiger partial charge in [-0.15, -0.1) is 0 Å². The fourth-order valence-corrected chi connectivity index (χ4v) is 2.38. The standard InChI is InChI=1S/C14H18N6O/c1-9-3-2-4-10-11(9)17-14(19-12(10)18-13(15)16)20-5-7-21-8-6-20/h2-4H,5-8H2,1H3,(H4,15,16,17,18,19). The Labute approximate surface area is 122 Å². The molecule has 3 rings (SSSR count). The van der Waals surface area contributed by atoms with Gasteiger partial charge < -0.3 is 21.1 Å². The molecule has 1 aliphatic rings. The first kappa shape index (κ1) is 13.6. The van der Waals surface area contributed by atoms with Crippen LogP contribution in [0.5, 0.6) is 0 Å². The number of aryl methyl sites for hydroxylation is 1. The molecule has 4 N–H and O–H groups in total. The molecule has 21 heavy (non-hydrogen) atoms. The van der Waals surface area contributed by atoms with E-state index in [9.17, 15) is 0 Å². The molecular formula is C14H18N6O. The maximum atomic E-state index is 5.52. The lowest BCUT2D eigenvalue weighted by atomic mass is 10.1. The Morgan fingerprint density at radius 2 is 2.00 bits per heavy atom. The Hall–Kier alpha value is -2.41. The zero-order chi connectivity index (χ0) is 14.8. The van der Waals surface area contributed by atoms with Gasteiger partial charge in [0.05, 0.1) is 18.7 Å². The summed E-state index contributed by atoms with van der Waals surface area (Å²) < 4.78 is 5.36. The number of fused-ring (bicyclic) bond motifs is 1. The summed E-state index contributed by atoms with van der Waals surface area (Å²) in [4.78, 5) is 15.4. The number of hydrogen-bond acceptors (Lipinski definition) is 5. The third-order valence-corrected chi connectivity index (χ3v) is 3.43. The van der Waals surface area contributed by atoms with Gasteiger partial charge in [0, 0.05) is 18.5 Å². The second-order valence-corrected chi connectivity index (χ2v) is 4.95. The summed E-state index contributed by atoms with van der Waals surface area (Å²) in [5, 5.41) is 0.848. The molecule has 1 saturated heterocycles. The smallest absolute Gasteiger partial charge is 0.228 e. The first-order valence-corrected chi connectivity index (χ1v) is 6.85. The summed E-state index contributed by atoms with van der Waals surface area (Å²) in [6.07, 6.45) is 0. The van der Waals surface area contributed by atoms with Crippen molar-refractivity contribution in [2.24, 2.45) is 16.5 Å². The SMILES string of the molecule is Cc1cccc2c(N=C(N)N)nc(N3CCOCC3)nc12. The monoisotopic (exact) mass is 286 g/mol. The normalized spacial score (nSPS) is 15.2. The Kier molecular flexibility index (Phi) is 3.57. The molecule has 2 heterocycles. The van der Waals surface area contributed by atoms with Crippen LogP contribution in [0, 0.1) is 6.92 Å². The van der Waals surface area contributed by atoms with Crippen LogP contribution in [-0.2, 0) is 4.74 Å². The van der Waals surface area contributed by atoms with Gasteiger partial charge in [0.1, 0.15) is 0 Å². The van der Waals surface area contributed by atoms with Crippen LogP contribution in [0.15, 0.2) is 23.2 Å². The molecule has 0 unspecified atom stereocenters. The molecule has 1 aromatic carbocycles. The highest BCUT2D eigenvalue weighted by atomic mass is 16.5. The molecule has 0 amide bonds. The number of ether oxygens (including phenoxy) is 1. The lowest BCUT2D eigenvalue weighted by molar-refractivity contribution is 0.122. The number of para-hydroxylation sites is 1. The molecule has 7 heteroatoms. The van der Waals surface area contributed by atoms with Gasteiger partial charge in [-0.25, -0.2) is 4.98 Å². The van der Waals surface area contributed by atoms with Crippen molar-refractivity contribution in [1.29, 1.82) is 0 Å². The van der Waals surface area contributed by atoms with E-state index in [0.717, 1.165) is 29.6 Å². The number of guanidine groups is 1. The van der Waals surface area contributed by atoms with Gasteiger partial charge in [-0.2, -0.15) is 9.98 Å². The molecule has 7 nitrogen and oxygen atoms in total. The Balaban J connectivity index is 2.17. The van der Waals surface area contributed by atoms with Crippen LogP contribution in [0.4, 0.5) is 11.8 Å². The maximum Gasteiger partial charge on any atom is 0.228 e. The number of rotatable bonds is 2. The van der Waals surface area contributed by atoms with Gasteiger partial charge in [-0.1, -0.05) is 12.1 Å². The first-order valence-electron chi connectivity index (χ1n) is 6.85. The van der Waals surface area contributed by atoms with E-state index < -0.39 is 0 Å². The Bertz CT molecular complexity index is 689. The summed E-state index contributed by atoms with van der Waals surface area (Å²) in [7, 11) is 0. The van der Waals surface area contributed by atoms with Crippen LogP contribution in [0.2, 0.25) is 0 Å². The number of nitrogens with two attached hydrogens (primary N) is 2. The molecule has 1 fully saturated rings. The number of nitrogens with zero attached hydrogens (tertiary/aromatic N) is 4. The number of anilines is 1. The molecule has 2 aromatic rings. The van der Waals surface area contributed by atoms with E-state index in [1.165, 1.54) is 0 Å². The predicted octanol–water partition coefficient (Wildman–Crippen LogP) is 0.680. The fourth-order valence-electron chi connectivity index (χ4n) is 2.38. The van der Waals surface area contributed by atoms with Crippen molar-refractivity contribution in [1.82, 2.24) is 9.97 Å². The Morgan fingerprint density at radius 1 is 1.24 bits per heavy atom. The summed E-state index contributed by atoms with van der Waals surface area (Å²) >= 11 is 0. The zero-order valence-corrected chi connectivity index (χ0v) is 11.9. The van der Waals surface area contributed by atoms with Gasteiger partial charge in [0.25, 0.3) is 0 Å². The van der Waals surface area contributed by atoms with E-state index >= 15 is 0 Å². The lowest BCUT2D eigenvalue weighted by Crippen LogP contribution is -2.37. The molecule has 1 aliphatic heterocycles. The minimum absolute atomic E-state index is 0.00978. The van der Waals surface area contributed by atoms with E-state index in [4.69, 9.17) is 16.2 Å².